The van der Waals surface area contributed by atoms with E-state index in [2.05, 4.69) is 4.98 Å². The molecule has 14 heavy (non-hydrogen) atoms. The summed E-state index contributed by atoms with van der Waals surface area (Å²) in [6.45, 7) is 0. The largest absolute Gasteiger partial charge is 0.493 e. The smallest absolute Gasteiger partial charge is 0.170 e. The van der Waals surface area contributed by atoms with Gasteiger partial charge in [0, 0.05) is 17.6 Å². The molecule has 1 aromatic carbocycles. The molecule has 0 spiro atoms. The van der Waals surface area contributed by atoms with Gasteiger partial charge in [0.1, 0.15) is 0 Å². The van der Waals surface area contributed by atoms with Crippen molar-refractivity contribution >= 4 is 16.6 Å². The van der Waals surface area contributed by atoms with E-state index in [1.807, 2.05) is 12.3 Å². The molecule has 0 saturated carbocycles. The lowest BCUT2D eigenvalue weighted by Crippen LogP contribution is -1.94. The van der Waals surface area contributed by atoms with Crippen LogP contribution in [0.5, 0.6) is 11.5 Å². The molecule has 4 heteroatoms. The van der Waals surface area contributed by atoms with E-state index in [0.29, 0.717) is 17.2 Å². The number of rotatable bonds is 2. The van der Waals surface area contributed by atoms with E-state index in [1.54, 1.807) is 20.3 Å². The van der Waals surface area contributed by atoms with Crippen LogP contribution in [-0.2, 0) is 0 Å². The Balaban J connectivity index is 2.82. The Morgan fingerprint density at radius 3 is 2.71 bits per heavy atom. The summed E-state index contributed by atoms with van der Waals surface area (Å²) in [6, 6.07) is 3.66. The second kappa shape index (κ2) is 3.14. The Bertz CT molecular complexity index is 462. The second-order valence-corrected chi connectivity index (χ2v) is 2.97. The second-order valence-electron chi connectivity index (χ2n) is 2.97. The minimum atomic E-state index is 0.650. The molecule has 3 N–H and O–H groups in total. The minimum absolute atomic E-state index is 0.650. The van der Waals surface area contributed by atoms with Gasteiger partial charge < -0.3 is 20.2 Å². The predicted molar refractivity (Wildman–Crippen MR) is 55.8 cm³/mol. The number of benzene rings is 1. The van der Waals surface area contributed by atoms with Crippen LogP contribution in [0.4, 0.5) is 5.69 Å². The van der Waals surface area contributed by atoms with Crippen LogP contribution in [0.15, 0.2) is 18.3 Å². The average molecular weight is 192 g/mol. The van der Waals surface area contributed by atoms with Crippen LogP contribution in [-0.4, -0.2) is 19.2 Å². The van der Waals surface area contributed by atoms with E-state index in [0.717, 1.165) is 10.9 Å². The number of H-pyrrole nitrogens is 1. The molecular weight excluding hydrogens is 180 g/mol. The van der Waals surface area contributed by atoms with E-state index in [1.165, 1.54) is 0 Å². The van der Waals surface area contributed by atoms with Crippen molar-refractivity contribution < 1.29 is 9.47 Å². The van der Waals surface area contributed by atoms with Crippen LogP contribution in [0.2, 0.25) is 0 Å². The summed E-state index contributed by atoms with van der Waals surface area (Å²) >= 11 is 0. The molecule has 1 aromatic heterocycles. The maximum Gasteiger partial charge on any atom is 0.170 e. The normalized spacial score (nSPS) is 10.4. The van der Waals surface area contributed by atoms with Crippen LogP contribution in [0.3, 0.4) is 0 Å². The Kier molecular flexibility index (Phi) is 1.96. The number of nitrogens with two attached hydrogens (primary N) is 1. The highest BCUT2D eigenvalue weighted by Crippen LogP contribution is 2.38. The number of methoxy groups -OCH3 is 2. The fourth-order valence-corrected chi connectivity index (χ4v) is 1.57. The van der Waals surface area contributed by atoms with Crippen molar-refractivity contribution in [3.63, 3.8) is 0 Å². The van der Waals surface area contributed by atoms with Gasteiger partial charge in [0.25, 0.3) is 0 Å². The first-order chi connectivity index (χ1) is 6.77. The number of aromatic amines is 1. The van der Waals surface area contributed by atoms with Crippen molar-refractivity contribution in [3.8, 4) is 11.5 Å². The summed E-state index contributed by atoms with van der Waals surface area (Å²) in [5.74, 6) is 1.36. The van der Waals surface area contributed by atoms with E-state index >= 15 is 0 Å². The summed E-state index contributed by atoms with van der Waals surface area (Å²) in [6.07, 6.45) is 1.82. The van der Waals surface area contributed by atoms with E-state index < -0.39 is 0 Å². The third-order valence-electron chi connectivity index (χ3n) is 2.21. The molecule has 0 unspecified atom stereocenters. The quantitative estimate of drug-likeness (QED) is 0.713. The third kappa shape index (κ3) is 1.08. The highest BCUT2D eigenvalue weighted by Gasteiger charge is 2.12. The number of nitrogens with one attached hydrogen (secondary N) is 1. The van der Waals surface area contributed by atoms with Gasteiger partial charge in [-0.3, -0.25) is 0 Å². The molecule has 0 fully saturated rings. The maximum atomic E-state index is 5.83. The number of aromatic nitrogens is 1. The number of anilines is 1. The Morgan fingerprint density at radius 1 is 1.29 bits per heavy atom. The Morgan fingerprint density at radius 2 is 2.07 bits per heavy atom. The molecule has 0 atom stereocenters. The summed E-state index contributed by atoms with van der Waals surface area (Å²) in [5, 5.41) is 0.935. The lowest BCUT2D eigenvalue weighted by atomic mass is 10.2. The highest BCUT2D eigenvalue weighted by atomic mass is 16.5. The van der Waals surface area contributed by atoms with E-state index in [9.17, 15) is 0 Å². The van der Waals surface area contributed by atoms with Crippen LogP contribution in [0.25, 0.3) is 10.9 Å². The summed E-state index contributed by atoms with van der Waals surface area (Å²) in [5.41, 5.74) is 7.37. The van der Waals surface area contributed by atoms with Crippen molar-refractivity contribution in [2.45, 2.75) is 0 Å². The number of ether oxygens (including phenoxy) is 2. The SMILES string of the molecule is COc1cc(N)c2[nH]ccc2c1OC. The molecular formula is C10H12N2O2. The zero-order chi connectivity index (χ0) is 10.1. The molecule has 0 amide bonds. The van der Waals surface area contributed by atoms with Crippen LogP contribution < -0.4 is 15.2 Å². The topological polar surface area (TPSA) is 60.3 Å². The van der Waals surface area contributed by atoms with Crippen molar-refractivity contribution in [2.24, 2.45) is 0 Å². The molecule has 0 aliphatic heterocycles. The molecule has 4 nitrogen and oxygen atoms in total. The van der Waals surface area contributed by atoms with Gasteiger partial charge in [-0.15, -0.1) is 0 Å². The molecule has 74 valence electrons. The Labute approximate surface area is 81.6 Å². The molecule has 2 aromatic rings. The third-order valence-corrected chi connectivity index (χ3v) is 2.21. The predicted octanol–water partition coefficient (Wildman–Crippen LogP) is 1.77. The van der Waals surface area contributed by atoms with Gasteiger partial charge in [-0.2, -0.15) is 0 Å². The zero-order valence-electron chi connectivity index (χ0n) is 8.13. The molecule has 0 aliphatic carbocycles. The van der Waals surface area contributed by atoms with Gasteiger partial charge in [-0.1, -0.05) is 0 Å². The van der Waals surface area contributed by atoms with Crippen LogP contribution in [0, 0.1) is 0 Å². The standard InChI is InChI=1S/C10H12N2O2/c1-13-8-5-7(11)9-6(3-4-12-9)10(8)14-2/h3-5,12H,11H2,1-2H3. The summed E-state index contributed by atoms with van der Waals surface area (Å²) in [7, 11) is 3.20. The monoisotopic (exact) mass is 192 g/mol. The van der Waals surface area contributed by atoms with Crippen LogP contribution in [0.1, 0.15) is 0 Å². The van der Waals surface area contributed by atoms with Gasteiger partial charge in [0.05, 0.1) is 25.4 Å². The van der Waals surface area contributed by atoms with Crippen LogP contribution >= 0.6 is 0 Å². The molecule has 1 heterocycles. The van der Waals surface area contributed by atoms with E-state index in [-0.39, 0.29) is 0 Å². The van der Waals surface area contributed by atoms with Gasteiger partial charge in [-0.05, 0) is 6.07 Å². The molecule has 0 bridgehead atoms. The molecule has 2 rings (SSSR count). The molecule has 0 saturated heterocycles. The molecule has 0 radical (unpaired) electrons. The lowest BCUT2D eigenvalue weighted by molar-refractivity contribution is 0.359. The first-order valence-electron chi connectivity index (χ1n) is 4.25. The Hall–Kier alpha value is -1.84. The van der Waals surface area contributed by atoms with Gasteiger partial charge >= 0.3 is 0 Å². The summed E-state index contributed by atoms with van der Waals surface area (Å²) in [4.78, 5) is 3.05. The van der Waals surface area contributed by atoms with Gasteiger partial charge in [0.15, 0.2) is 11.5 Å². The number of fused-ring (bicyclic) bond motifs is 1. The maximum absolute atomic E-state index is 5.83. The van der Waals surface area contributed by atoms with Crippen molar-refractivity contribution in [2.75, 3.05) is 20.0 Å². The fourth-order valence-electron chi connectivity index (χ4n) is 1.57. The first kappa shape index (κ1) is 8.74. The van der Waals surface area contributed by atoms with Gasteiger partial charge in [-0.25, -0.2) is 0 Å². The highest BCUT2D eigenvalue weighted by molar-refractivity contribution is 5.96. The van der Waals surface area contributed by atoms with Crippen molar-refractivity contribution in [1.29, 1.82) is 0 Å². The summed E-state index contributed by atoms with van der Waals surface area (Å²) < 4.78 is 10.4. The first-order valence-corrected chi connectivity index (χ1v) is 4.25. The average Bonchev–Trinajstić information content (AvgIpc) is 2.66. The number of nitrogen functional groups attached to an aromatic ring is 1. The van der Waals surface area contributed by atoms with Crippen molar-refractivity contribution in [3.05, 3.63) is 18.3 Å². The van der Waals surface area contributed by atoms with E-state index in [4.69, 9.17) is 15.2 Å². The number of hydrogen-bond acceptors (Lipinski definition) is 3. The zero-order valence-corrected chi connectivity index (χ0v) is 8.13. The van der Waals surface area contributed by atoms with Crippen molar-refractivity contribution in [1.82, 2.24) is 4.98 Å². The number of hydrogen-bond donors (Lipinski definition) is 2. The lowest BCUT2D eigenvalue weighted by Gasteiger charge is -2.09. The van der Waals surface area contributed by atoms with Gasteiger partial charge in [0.2, 0.25) is 0 Å². The fraction of sp³-hybridized carbons (Fsp3) is 0.200. The molecule has 0 aliphatic rings. The minimum Gasteiger partial charge on any atom is -0.493 e.